The van der Waals surface area contributed by atoms with Crippen molar-refractivity contribution in [1.82, 2.24) is 4.57 Å². The van der Waals surface area contributed by atoms with Crippen molar-refractivity contribution < 1.29 is 19.0 Å². The van der Waals surface area contributed by atoms with Crippen molar-refractivity contribution in [3.63, 3.8) is 0 Å². The number of carbonyl (C=O) groups is 1. The van der Waals surface area contributed by atoms with Crippen molar-refractivity contribution in [2.24, 2.45) is 5.92 Å². The molecule has 0 amide bonds. The Labute approximate surface area is 129 Å². The lowest BCUT2D eigenvalue weighted by molar-refractivity contribution is -0.409. The number of fused-ring (bicyclic) bond motifs is 2. The molecule has 1 aromatic rings. The molecule has 0 aromatic carbocycles. The van der Waals surface area contributed by atoms with E-state index in [-0.39, 0.29) is 12.1 Å². The number of nitrogens with zero attached hydrogens (tertiary/aromatic N) is 2. The summed E-state index contributed by atoms with van der Waals surface area (Å²) in [6.45, 7) is 3.80. The van der Waals surface area contributed by atoms with Crippen molar-refractivity contribution in [2.75, 3.05) is 6.61 Å². The summed E-state index contributed by atoms with van der Waals surface area (Å²) in [6.07, 6.45) is 5.97. The number of ether oxygens (including phenoxy) is 2. The molecule has 6 nitrogen and oxygen atoms in total. The molecule has 118 valence electrons. The van der Waals surface area contributed by atoms with Gasteiger partial charge >= 0.3 is 5.97 Å². The minimum Gasteiger partial charge on any atom is -0.618 e. The normalized spacial score (nSPS) is 23.7. The average Bonchev–Trinajstić information content (AvgIpc) is 2.81. The monoisotopic (exact) mass is 304 g/mol. The van der Waals surface area contributed by atoms with E-state index in [9.17, 15) is 10.0 Å². The van der Waals surface area contributed by atoms with Gasteiger partial charge in [0, 0.05) is 19.6 Å². The molecular formula is C16H20N2O4. The summed E-state index contributed by atoms with van der Waals surface area (Å²) in [5, 5.41) is 12.4. The van der Waals surface area contributed by atoms with Crippen LogP contribution in [-0.4, -0.2) is 28.1 Å². The zero-order valence-electron chi connectivity index (χ0n) is 12.8. The van der Waals surface area contributed by atoms with Gasteiger partial charge in [0.2, 0.25) is 12.1 Å². The number of hydrogen-bond donors (Lipinski definition) is 0. The van der Waals surface area contributed by atoms with Crippen molar-refractivity contribution in [2.45, 2.75) is 39.3 Å². The first kappa shape index (κ1) is 14.8. The topological polar surface area (TPSA) is 66.5 Å². The molecule has 2 heterocycles. The smallest absolute Gasteiger partial charge is 0.309 e. The number of allylic oxidation sites excluding steroid dienone is 1. The summed E-state index contributed by atoms with van der Waals surface area (Å²) >= 11 is 0. The Morgan fingerprint density at radius 1 is 1.50 bits per heavy atom. The van der Waals surface area contributed by atoms with Gasteiger partial charge in [0.1, 0.15) is 11.9 Å². The quantitative estimate of drug-likeness (QED) is 0.489. The van der Waals surface area contributed by atoms with Crippen LogP contribution in [0.2, 0.25) is 0 Å². The second-order valence-corrected chi connectivity index (χ2v) is 5.53. The van der Waals surface area contributed by atoms with Crippen LogP contribution in [0.1, 0.15) is 45.0 Å². The van der Waals surface area contributed by atoms with E-state index in [1.165, 1.54) is 13.1 Å². The number of hydrogen-bond acceptors (Lipinski definition) is 4. The Balaban J connectivity index is 2.12. The van der Waals surface area contributed by atoms with Gasteiger partial charge in [-0.2, -0.15) is 4.74 Å². The third kappa shape index (κ3) is 2.54. The first-order chi connectivity index (χ1) is 10.6. The molecule has 0 saturated heterocycles. The van der Waals surface area contributed by atoms with E-state index in [4.69, 9.17) is 9.47 Å². The maximum absolute atomic E-state index is 12.4. The van der Waals surface area contributed by atoms with Crippen LogP contribution >= 0.6 is 0 Å². The molecule has 0 radical (unpaired) electrons. The predicted molar refractivity (Wildman–Crippen MR) is 80.6 cm³/mol. The summed E-state index contributed by atoms with van der Waals surface area (Å²) in [6, 6.07) is 3.47. The Hall–Kier alpha value is -2.08. The second kappa shape index (κ2) is 5.96. The van der Waals surface area contributed by atoms with Gasteiger partial charge in [-0.1, -0.05) is 0 Å². The number of esters is 1. The van der Waals surface area contributed by atoms with Crippen molar-refractivity contribution in [3.05, 3.63) is 34.8 Å². The third-order valence-corrected chi connectivity index (χ3v) is 4.05. The molecule has 0 spiro atoms. The number of rotatable bonds is 3. The molecule has 1 aliphatic carbocycles. The average molecular weight is 304 g/mol. The Morgan fingerprint density at radius 3 is 3.05 bits per heavy atom. The molecule has 0 fully saturated rings. The van der Waals surface area contributed by atoms with Gasteiger partial charge in [-0.3, -0.25) is 9.36 Å². The Bertz CT molecular complexity index is 645. The second-order valence-electron chi connectivity index (χ2n) is 5.53. The molecule has 22 heavy (non-hydrogen) atoms. The van der Waals surface area contributed by atoms with E-state index in [1.54, 1.807) is 12.1 Å². The minimum atomic E-state index is -0.390. The maximum atomic E-state index is 12.4. The van der Waals surface area contributed by atoms with E-state index < -0.39 is 5.97 Å². The fourth-order valence-electron chi connectivity index (χ4n) is 3.22. The summed E-state index contributed by atoms with van der Waals surface area (Å²) in [7, 11) is 0. The van der Waals surface area contributed by atoms with Gasteiger partial charge in [0.05, 0.1) is 5.92 Å². The van der Waals surface area contributed by atoms with E-state index in [0.29, 0.717) is 18.2 Å². The summed E-state index contributed by atoms with van der Waals surface area (Å²) in [5.41, 5.74) is 1.42. The highest BCUT2D eigenvalue weighted by molar-refractivity contribution is 5.76. The first-order valence-electron chi connectivity index (χ1n) is 7.64. The molecule has 0 bridgehead atoms. The molecule has 2 unspecified atom stereocenters. The van der Waals surface area contributed by atoms with Gasteiger partial charge in [-0.15, -0.1) is 0 Å². The summed E-state index contributed by atoms with van der Waals surface area (Å²) in [5.74, 6) is -0.0124. The lowest BCUT2D eigenvalue weighted by Crippen LogP contribution is -2.27. The SMILES string of the molecule is CCOC1C2CCCC=C2[N+]([O-])=Cc2ccc(OC(C)=O)n21. The minimum absolute atomic E-state index is 0.0367. The standard InChI is InChI=1S/C16H20N2O4/c1-3-21-16-13-6-4-5-7-14(13)17(20)10-12-8-9-15(18(12)16)22-11(2)19/h7-10,13,16H,3-6H2,1-2H3. The molecule has 0 saturated carbocycles. The highest BCUT2D eigenvalue weighted by atomic mass is 16.6. The van der Waals surface area contributed by atoms with Crippen LogP contribution in [0, 0.1) is 11.1 Å². The number of aromatic nitrogens is 1. The molecule has 1 aliphatic heterocycles. The van der Waals surface area contributed by atoms with E-state index >= 15 is 0 Å². The van der Waals surface area contributed by atoms with Gasteiger partial charge in [0.15, 0.2) is 5.70 Å². The first-order valence-corrected chi connectivity index (χ1v) is 7.64. The highest BCUT2D eigenvalue weighted by Gasteiger charge is 2.38. The van der Waals surface area contributed by atoms with Crippen LogP contribution in [0.4, 0.5) is 0 Å². The largest absolute Gasteiger partial charge is 0.618 e. The molecule has 1 aromatic heterocycles. The van der Waals surface area contributed by atoms with E-state index in [1.807, 2.05) is 17.6 Å². The number of carbonyl (C=O) groups excluding carboxylic acids is 1. The lowest BCUT2D eigenvalue weighted by atomic mass is 9.90. The van der Waals surface area contributed by atoms with Crippen molar-refractivity contribution in [3.8, 4) is 5.88 Å². The highest BCUT2D eigenvalue weighted by Crippen LogP contribution is 2.40. The molecule has 0 N–H and O–H groups in total. The van der Waals surface area contributed by atoms with E-state index in [2.05, 4.69) is 0 Å². The van der Waals surface area contributed by atoms with Gasteiger partial charge in [-0.25, -0.2) is 0 Å². The number of hydroxylamine groups is 1. The molecule has 2 aliphatic rings. The lowest BCUT2D eigenvalue weighted by Gasteiger charge is -2.29. The molecule has 6 heteroatoms. The predicted octanol–water partition coefficient (Wildman–Crippen LogP) is 2.58. The van der Waals surface area contributed by atoms with Gasteiger partial charge in [-0.05, 0) is 38.3 Å². The Kier molecular flexibility index (Phi) is 4.02. The van der Waals surface area contributed by atoms with Crippen LogP contribution in [0.5, 0.6) is 5.88 Å². The Morgan fingerprint density at radius 2 is 2.32 bits per heavy atom. The van der Waals surface area contributed by atoms with Crippen LogP contribution in [-0.2, 0) is 9.53 Å². The fraction of sp³-hybridized carbons (Fsp3) is 0.500. The maximum Gasteiger partial charge on any atom is 0.309 e. The molecular weight excluding hydrogens is 284 g/mol. The zero-order valence-corrected chi connectivity index (χ0v) is 12.8. The summed E-state index contributed by atoms with van der Waals surface area (Å²) < 4.78 is 14.0. The molecule has 2 atom stereocenters. The fourth-order valence-corrected chi connectivity index (χ4v) is 3.22. The van der Waals surface area contributed by atoms with Crippen molar-refractivity contribution >= 4 is 12.2 Å². The van der Waals surface area contributed by atoms with Crippen LogP contribution in [0.25, 0.3) is 0 Å². The van der Waals surface area contributed by atoms with Crippen LogP contribution in [0.3, 0.4) is 0 Å². The third-order valence-electron chi connectivity index (χ3n) is 4.05. The van der Waals surface area contributed by atoms with Crippen LogP contribution in [0.15, 0.2) is 23.9 Å². The van der Waals surface area contributed by atoms with E-state index in [0.717, 1.165) is 29.7 Å². The van der Waals surface area contributed by atoms with Gasteiger partial charge in [0.25, 0.3) is 0 Å². The van der Waals surface area contributed by atoms with Crippen LogP contribution < -0.4 is 4.74 Å². The molecule has 3 rings (SSSR count). The summed E-state index contributed by atoms with van der Waals surface area (Å²) in [4.78, 5) is 11.3. The van der Waals surface area contributed by atoms with Crippen molar-refractivity contribution in [1.29, 1.82) is 0 Å². The van der Waals surface area contributed by atoms with Gasteiger partial charge < -0.3 is 14.7 Å². The zero-order chi connectivity index (χ0) is 15.7.